The summed E-state index contributed by atoms with van der Waals surface area (Å²) in [6, 6.07) is 0.287. The first-order valence-electron chi connectivity index (χ1n) is 36.1. The lowest BCUT2D eigenvalue weighted by molar-refractivity contribution is -0.139. The molecule has 22 heteroatoms. The summed E-state index contributed by atoms with van der Waals surface area (Å²) in [7, 11) is -44.5. The normalized spacial score (nSPS) is 8.34. The van der Waals surface area contributed by atoms with Crippen molar-refractivity contribution in [2.24, 2.45) is 0 Å². The highest BCUT2D eigenvalue weighted by Gasteiger charge is 2.60. The molecule has 600 valence electrons. The molecule has 0 atom stereocenters. The Morgan fingerprint density at radius 2 is 0.412 bits per heavy atom. The van der Waals surface area contributed by atoms with Crippen molar-refractivity contribution < 1.29 is 42.5 Å². The Labute approximate surface area is 794 Å². The molecule has 0 heterocycles. The van der Waals surface area contributed by atoms with Crippen molar-refractivity contribution in [3.63, 3.8) is 0 Å². The van der Waals surface area contributed by atoms with Crippen LogP contribution < -0.4 is 0 Å². The second-order valence-corrected chi connectivity index (χ2v) is 58.8. The van der Waals surface area contributed by atoms with Gasteiger partial charge in [0.15, 0.2) is 25.0 Å². The fourth-order valence-corrected chi connectivity index (χ4v) is 50.8. The highest BCUT2D eigenvalue weighted by molar-refractivity contribution is 7.08. The van der Waals surface area contributed by atoms with E-state index in [2.05, 4.69) is 445 Å². The maximum absolute atomic E-state index is 13.4. The number of hydrogen-bond acceptors (Lipinski definition) is 10. The van der Waals surface area contributed by atoms with Gasteiger partial charge in [0.1, 0.15) is 0 Å². The third-order valence-corrected chi connectivity index (χ3v) is 50.2. The largest absolute Gasteiger partial charge is 0.475 e. The molecule has 0 unspecified atom stereocenters. The van der Waals surface area contributed by atoms with Crippen LogP contribution in [0.2, 0.25) is 81.6 Å². The van der Waals surface area contributed by atoms with Crippen LogP contribution in [0.25, 0.3) is 0 Å². The van der Waals surface area contributed by atoms with Crippen molar-refractivity contribution in [2.75, 3.05) is 6.61 Å². The molecule has 0 amide bonds. The van der Waals surface area contributed by atoms with Gasteiger partial charge in [0.25, 0.3) is 0 Å². The second kappa shape index (κ2) is 67.2. The molecule has 0 aliphatic carbocycles. The first kappa shape index (κ1) is 113. The summed E-state index contributed by atoms with van der Waals surface area (Å²) in [6.45, 7) is 16.5. The van der Waals surface area contributed by atoms with Crippen LogP contribution in [0, 0.1) is 535 Å². The van der Waals surface area contributed by atoms with Crippen LogP contribution in [0.4, 0.5) is 0 Å². The van der Waals surface area contributed by atoms with Crippen LogP contribution in [0.1, 0.15) is 13.3 Å². The van der Waals surface area contributed by atoms with E-state index in [1.54, 1.807) is 0 Å². The van der Waals surface area contributed by atoms with Crippen LogP contribution in [-0.4, -0.2) is 116 Å². The number of carbonyl (C=O) groups excluding carboxylic acids is 1. The van der Waals surface area contributed by atoms with Gasteiger partial charge in [-0.2, -0.15) is 0 Å². The van der Waals surface area contributed by atoms with E-state index in [-0.39, 0.29) is 42.8 Å². The zero-order chi connectivity index (χ0) is 97.3. The summed E-state index contributed by atoms with van der Waals surface area (Å²) in [6.07, 6.45) is 83.8. The summed E-state index contributed by atoms with van der Waals surface area (Å²) in [5.74, 6) is 149. The van der Waals surface area contributed by atoms with Gasteiger partial charge in [-0.3, -0.25) is 0 Å². The van der Waals surface area contributed by atoms with Gasteiger partial charge in [0.2, 0.25) is 19.5 Å². The number of ether oxygens (including phenoxy) is 1. The summed E-state index contributed by atoms with van der Waals surface area (Å²) < 4.78 is 66.1. The maximum atomic E-state index is 13.4. The van der Waals surface area contributed by atoms with Gasteiger partial charge in [0.05, 0.1) is 6.61 Å². The molecule has 0 N–H and O–H groups in total. The standard InChI is InChI=1S/C109H56O10Si12/c1-24-39-54-69-88-125(89-70-55-40-25-2,90-71-56-41-26-3)112-120-86-104-122(18,19)114-130(103-84-85-111-109(110)108(16)17,115-123(20,21)105-87-121-113-126(91-72-57-42-27-4,92-73-58-43-28-5)93-74-59-44-29-6)116-124(22,23)106-107-131(117-127(94-75-60-45-30-7,95-76-61-46-31-8)96-77-62-47-32-9,118-128(97-78-63-48-33-10,98-79-64-49-34-11)99-80-65-50-35-12)119-129(100-81-66-51-36-13,101-82-67-52-37-14)102-83-68-53-38-15/h1-15H,16,84-87,103-107H2,17-23H3. The Bertz CT molecular complexity index is 6300. The maximum Gasteiger partial charge on any atom is 0.475 e. The minimum atomic E-state index is -5.67. The number of terminal acetylenes is 15. The number of esters is 1. The van der Waals surface area contributed by atoms with E-state index >= 15 is 0 Å². The Balaban J connectivity index is 11.5. The topological polar surface area (TPSA) is 100 Å². The quantitative estimate of drug-likeness (QED) is 0.0334. The molecule has 0 aromatic rings. The predicted molar refractivity (Wildman–Crippen MR) is 543 cm³/mol. The van der Waals surface area contributed by atoms with Gasteiger partial charge >= 0.3 is 65.2 Å². The number of rotatable bonds is 30. The summed E-state index contributed by atoms with van der Waals surface area (Å²) in [5.41, 5.74) is 45.1. The Hall–Kier alpha value is -18.3. The summed E-state index contributed by atoms with van der Waals surface area (Å²) in [5, 5.41) is 0. The van der Waals surface area contributed by atoms with E-state index in [0.717, 1.165) is 0 Å². The van der Waals surface area contributed by atoms with E-state index in [4.69, 9.17) is 134 Å². The van der Waals surface area contributed by atoms with Crippen molar-refractivity contribution >= 4 is 110 Å². The van der Waals surface area contributed by atoms with Crippen LogP contribution in [0.15, 0.2) is 12.2 Å². The van der Waals surface area contributed by atoms with Gasteiger partial charge in [-0.1, -0.05) is 89.7 Å². The van der Waals surface area contributed by atoms with Gasteiger partial charge in [-0.15, -0.1) is 96.4 Å². The Morgan fingerprint density at radius 3 is 0.595 bits per heavy atom. The fourth-order valence-electron chi connectivity index (χ4n) is 8.25. The van der Waals surface area contributed by atoms with E-state index < -0.39 is 116 Å². The molecule has 0 saturated heterocycles. The van der Waals surface area contributed by atoms with Crippen LogP contribution >= 0.6 is 0 Å². The van der Waals surface area contributed by atoms with E-state index in [1.807, 2.05) is 39.3 Å². The third-order valence-electron chi connectivity index (χ3n) is 13.1. The molecule has 0 aliphatic heterocycles. The first-order valence-corrected chi connectivity index (χ1v) is 61.1. The van der Waals surface area contributed by atoms with Gasteiger partial charge in [-0.05, 0) is 438 Å². The molecule has 0 spiro atoms. The van der Waals surface area contributed by atoms with Crippen LogP contribution in [-0.2, 0) is 42.5 Å². The molecule has 0 aromatic heterocycles. The van der Waals surface area contributed by atoms with Crippen LogP contribution in [0.5, 0.6) is 0 Å². The molecule has 0 fully saturated rings. The summed E-state index contributed by atoms with van der Waals surface area (Å²) >= 11 is 0. The second-order valence-electron chi connectivity index (χ2n) is 24.3. The van der Waals surface area contributed by atoms with Gasteiger partial charge in [0, 0.05) is 17.7 Å². The highest BCUT2D eigenvalue weighted by atomic mass is 28.5. The Kier molecular flexibility index (Phi) is 57.8. The number of hydrogen-bond donors (Lipinski definition) is 0. The van der Waals surface area contributed by atoms with Crippen LogP contribution in [0.3, 0.4) is 0 Å². The molecule has 0 bridgehead atoms. The number of carbonyl (C=O) groups is 1. The average Bonchev–Trinajstić information content (AvgIpc) is 0.759. The van der Waals surface area contributed by atoms with Gasteiger partial charge < -0.3 is 37.7 Å². The molecule has 4 radical (unpaired) electrons. The molecule has 0 rings (SSSR count). The zero-order valence-electron chi connectivity index (χ0n) is 71.3. The zero-order valence-corrected chi connectivity index (χ0v) is 83.3. The monoisotopic (exact) mass is 1860 g/mol. The van der Waals surface area contributed by atoms with Crippen molar-refractivity contribution in [3.8, 4) is 535 Å². The molecule has 131 heavy (non-hydrogen) atoms. The van der Waals surface area contributed by atoms with E-state index in [9.17, 15) is 4.79 Å². The Morgan fingerprint density at radius 1 is 0.237 bits per heavy atom. The fraction of sp³-hybridized carbons (Fsp3) is 0.147. The van der Waals surface area contributed by atoms with E-state index in [0.29, 0.717) is 12.1 Å². The summed E-state index contributed by atoms with van der Waals surface area (Å²) in [4.78, 5) is 13.4. The average molecular weight is 1860 g/mol. The van der Waals surface area contributed by atoms with E-state index in [1.165, 1.54) is 6.92 Å². The van der Waals surface area contributed by atoms with Crippen molar-refractivity contribution in [1.29, 1.82) is 0 Å². The van der Waals surface area contributed by atoms with Gasteiger partial charge in [-0.25, -0.2) is 4.79 Å². The smallest absolute Gasteiger partial charge is 0.462 e. The minimum absolute atomic E-state index is 0.0393. The predicted octanol–water partition coefficient (Wildman–Crippen LogP) is 4.61. The lowest BCUT2D eigenvalue weighted by Gasteiger charge is -2.46. The molecule has 0 aromatic carbocycles. The molecule has 10 nitrogen and oxygen atoms in total. The van der Waals surface area contributed by atoms with Crippen molar-refractivity contribution in [1.82, 2.24) is 0 Å². The molecular formula is C109H56O10Si12. The lowest BCUT2D eigenvalue weighted by Crippen LogP contribution is -2.65. The molecular weight excluding hydrogens is 1810 g/mol. The SMILES string of the molecule is C#CC#CC#C[Si](C#CC#CC#C)(C#CC#CC#C)O[Si]CC[Si](C)(C)O[Si](CCCOC(=O)C(=C)C)(O[Si](C)(C)CC[Si]O[Si](C#CC#CC#C)(C#CC#CC#C)C#CC#CC#C)O[Si](C)(C)CC[Si](O[Si](C#CC#CC#C)(C#CC#CC#C)C#CC#CC#C)(O[Si](C#CC#CC#C)(C#CC#CC#C)C#CC#CC#C)O[Si](C#CC#CC#C)(C#CC#CC#C)C#CC#CC#C. The minimum Gasteiger partial charge on any atom is -0.462 e. The van der Waals surface area contributed by atoms with Crippen molar-refractivity contribution in [2.45, 2.75) is 94.9 Å². The van der Waals surface area contributed by atoms with Crippen molar-refractivity contribution in [3.05, 3.63) is 12.2 Å². The first-order chi connectivity index (χ1) is 63.1. The molecule has 0 saturated carbocycles. The molecule has 0 aliphatic rings. The highest BCUT2D eigenvalue weighted by Crippen LogP contribution is 2.38. The lowest BCUT2D eigenvalue weighted by atomic mass is 10.4. The third kappa shape index (κ3) is 52.7.